The Morgan fingerprint density at radius 3 is 2.55 bits per heavy atom. The largest absolute Gasteiger partial charge is 0.415 e. The second-order valence-corrected chi connectivity index (χ2v) is 2.66. The molecule has 0 saturated heterocycles. The Morgan fingerprint density at radius 2 is 2.09 bits per heavy atom. The number of ether oxygens (including phenoxy) is 1. The molecule has 6 heteroatoms. The van der Waals surface area contributed by atoms with E-state index in [9.17, 15) is 8.78 Å². The van der Waals surface area contributed by atoms with Crippen molar-refractivity contribution in [3.05, 3.63) is 16.1 Å². The molecule has 3 nitrogen and oxygen atoms in total. The lowest BCUT2D eigenvalue weighted by atomic mass is 10.7. The zero-order valence-corrected chi connectivity index (χ0v) is 7.33. The molecular formula is C5H3F2IN2O. The van der Waals surface area contributed by atoms with Gasteiger partial charge in [0, 0.05) is 0 Å². The fourth-order valence-electron chi connectivity index (χ4n) is 0.453. The summed E-state index contributed by atoms with van der Waals surface area (Å²) in [7, 11) is 0. The van der Waals surface area contributed by atoms with Gasteiger partial charge in [-0.25, -0.2) is 9.97 Å². The van der Waals surface area contributed by atoms with E-state index in [4.69, 9.17) is 0 Å². The van der Waals surface area contributed by atoms with Crippen molar-refractivity contribution in [3.8, 4) is 5.88 Å². The summed E-state index contributed by atoms with van der Waals surface area (Å²) in [6.45, 7) is -2.84. The van der Waals surface area contributed by atoms with E-state index in [2.05, 4.69) is 14.7 Å². The number of alkyl halides is 2. The minimum atomic E-state index is -2.84. The van der Waals surface area contributed by atoms with Crippen LogP contribution in [0, 0.1) is 3.70 Å². The molecule has 0 aliphatic carbocycles. The zero-order chi connectivity index (χ0) is 8.27. The van der Waals surface area contributed by atoms with Crippen LogP contribution >= 0.6 is 22.6 Å². The second kappa shape index (κ2) is 3.74. The average molecular weight is 272 g/mol. The lowest BCUT2D eigenvalue weighted by molar-refractivity contribution is -0.0531. The van der Waals surface area contributed by atoms with Gasteiger partial charge >= 0.3 is 6.61 Å². The van der Waals surface area contributed by atoms with Crippen molar-refractivity contribution < 1.29 is 13.5 Å². The fraction of sp³-hybridized carbons (Fsp3) is 0.200. The van der Waals surface area contributed by atoms with E-state index in [1.165, 1.54) is 6.20 Å². The Balaban J connectivity index is 2.66. The van der Waals surface area contributed by atoms with Crippen LogP contribution in [0.15, 0.2) is 12.4 Å². The minimum Gasteiger partial charge on any atom is -0.415 e. The normalized spacial score (nSPS) is 10.2. The number of rotatable bonds is 2. The van der Waals surface area contributed by atoms with Crippen molar-refractivity contribution in [1.82, 2.24) is 9.97 Å². The quantitative estimate of drug-likeness (QED) is 0.768. The van der Waals surface area contributed by atoms with E-state index in [0.29, 0.717) is 3.70 Å². The molecule has 0 amide bonds. The van der Waals surface area contributed by atoms with Crippen molar-refractivity contribution in [3.63, 3.8) is 0 Å². The molecule has 60 valence electrons. The topological polar surface area (TPSA) is 35.0 Å². The summed E-state index contributed by atoms with van der Waals surface area (Å²) in [6, 6.07) is 0. The van der Waals surface area contributed by atoms with Crippen LogP contribution in [0.3, 0.4) is 0 Å². The van der Waals surface area contributed by atoms with Crippen LogP contribution in [0.4, 0.5) is 8.78 Å². The van der Waals surface area contributed by atoms with E-state index in [1.54, 1.807) is 0 Å². The van der Waals surface area contributed by atoms with Gasteiger partial charge in [0.2, 0.25) is 5.88 Å². The predicted octanol–water partition coefficient (Wildman–Crippen LogP) is 1.68. The van der Waals surface area contributed by atoms with Gasteiger partial charge in [-0.15, -0.1) is 0 Å². The summed E-state index contributed by atoms with van der Waals surface area (Å²) >= 11 is 1.91. The molecule has 1 rings (SSSR count). The highest BCUT2D eigenvalue weighted by Gasteiger charge is 2.04. The third-order valence-corrected chi connectivity index (χ3v) is 1.36. The molecule has 0 saturated carbocycles. The van der Waals surface area contributed by atoms with Crippen molar-refractivity contribution in [2.75, 3.05) is 0 Å². The molecule has 1 heterocycles. The van der Waals surface area contributed by atoms with Gasteiger partial charge in [0.15, 0.2) is 0 Å². The van der Waals surface area contributed by atoms with Gasteiger partial charge in [0.05, 0.1) is 12.4 Å². The van der Waals surface area contributed by atoms with Crippen LogP contribution < -0.4 is 4.74 Å². The first kappa shape index (κ1) is 8.57. The first-order chi connectivity index (χ1) is 5.18. The molecule has 0 fully saturated rings. The highest BCUT2D eigenvalue weighted by molar-refractivity contribution is 14.1. The average Bonchev–Trinajstić information content (AvgIpc) is 1.93. The molecule has 0 atom stereocenters. The standard InChI is InChI=1S/C5H3F2IN2O/c6-5(7)11-4-2-9-3(8)1-10-4/h1-2,5H. The molecule has 0 aromatic carbocycles. The Bertz CT molecular complexity index is 228. The zero-order valence-electron chi connectivity index (χ0n) is 5.17. The second-order valence-electron chi connectivity index (χ2n) is 1.56. The van der Waals surface area contributed by atoms with E-state index in [-0.39, 0.29) is 5.88 Å². The van der Waals surface area contributed by atoms with Gasteiger partial charge in [0.25, 0.3) is 0 Å². The van der Waals surface area contributed by atoms with E-state index < -0.39 is 6.61 Å². The molecule has 0 unspecified atom stereocenters. The smallest absolute Gasteiger partial charge is 0.388 e. The van der Waals surface area contributed by atoms with Gasteiger partial charge in [-0.3, -0.25) is 0 Å². The van der Waals surface area contributed by atoms with Crippen LogP contribution in [0.2, 0.25) is 0 Å². The van der Waals surface area contributed by atoms with Crippen LogP contribution in [0.5, 0.6) is 5.88 Å². The van der Waals surface area contributed by atoms with Crippen LogP contribution in [0.25, 0.3) is 0 Å². The molecule has 0 radical (unpaired) electrons. The van der Waals surface area contributed by atoms with E-state index >= 15 is 0 Å². The minimum absolute atomic E-state index is 0.166. The highest BCUT2D eigenvalue weighted by atomic mass is 127. The first-order valence-electron chi connectivity index (χ1n) is 2.61. The van der Waals surface area contributed by atoms with Gasteiger partial charge in [-0.1, -0.05) is 0 Å². The number of nitrogens with zero attached hydrogens (tertiary/aromatic N) is 2. The van der Waals surface area contributed by atoms with Gasteiger partial charge in [-0.05, 0) is 22.6 Å². The summed E-state index contributed by atoms with van der Waals surface area (Å²) in [6.07, 6.45) is 2.49. The summed E-state index contributed by atoms with van der Waals surface area (Å²) in [5.74, 6) is -0.166. The van der Waals surface area contributed by atoms with Crippen LogP contribution in [0.1, 0.15) is 0 Å². The summed E-state index contributed by atoms with van der Waals surface area (Å²) < 4.78 is 27.6. The maximum atomic E-state index is 11.5. The molecular weight excluding hydrogens is 269 g/mol. The van der Waals surface area contributed by atoms with E-state index in [0.717, 1.165) is 6.20 Å². The summed E-state index contributed by atoms with van der Waals surface area (Å²) in [5.41, 5.74) is 0. The van der Waals surface area contributed by atoms with Crippen LogP contribution in [-0.4, -0.2) is 16.6 Å². The van der Waals surface area contributed by atoms with Gasteiger partial charge in [-0.2, -0.15) is 8.78 Å². The van der Waals surface area contributed by atoms with Crippen molar-refractivity contribution in [2.24, 2.45) is 0 Å². The maximum absolute atomic E-state index is 11.5. The van der Waals surface area contributed by atoms with Crippen molar-refractivity contribution in [2.45, 2.75) is 6.61 Å². The molecule has 0 aliphatic rings. The Labute approximate surface area is 74.9 Å². The molecule has 0 N–H and O–H groups in total. The third-order valence-electron chi connectivity index (χ3n) is 0.806. The fourth-order valence-corrected chi connectivity index (χ4v) is 0.731. The molecule has 1 aromatic rings. The highest BCUT2D eigenvalue weighted by Crippen LogP contribution is 2.08. The third kappa shape index (κ3) is 2.91. The molecule has 0 spiro atoms. The maximum Gasteiger partial charge on any atom is 0.388 e. The number of hydrogen-bond acceptors (Lipinski definition) is 3. The first-order valence-corrected chi connectivity index (χ1v) is 3.68. The van der Waals surface area contributed by atoms with Crippen molar-refractivity contribution in [1.29, 1.82) is 0 Å². The lowest BCUT2D eigenvalue weighted by Gasteiger charge is -2.00. The van der Waals surface area contributed by atoms with Gasteiger partial charge < -0.3 is 4.74 Å². The SMILES string of the molecule is FC(F)Oc1cnc(I)cn1. The van der Waals surface area contributed by atoms with Gasteiger partial charge in [0.1, 0.15) is 3.70 Å². The molecule has 0 aliphatic heterocycles. The number of halogens is 3. The monoisotopic (exact) mass is 272 g/mol. The molecule has 0 bridgehead atoms. The predicted molar refractivity (Wildman–Crippen MR) is 41.4 cm³/mol. The molecule has 11 heavy (non-hydrogen) atoms. The summed E-state index contributed by atoms with van der Waals surface area (Å²) in [4.78, 5) is 7.24. The number of aromatic nitrogens is 2. The lowest BCUT2D eigenvalue weighted by Crippen LogP contribution is -2.03. The van der Waals surface area contributed by atoms with Crippen molar-refractivity contribution >= 4 is 22.6 Å². The van der Waals surface area contributed by atoms with Crippen LogP contribution in [-0.2, 0) is 0 Å². The molecule has 1 aromatic heterocycles. The Hall–Kier alpha value is -0.530. The Morgan fingerprint density at radius 1 is 1.36 bits per heavy atom. The Kier molecular flexibility index (Phi) is 2.92. The van der Waals surface area contributed by atoms with E-state index in [1.807, 2.05) is 22.6 Å². The summed E-state index contributed by atoms with van der Waals surface area (Å²) in [5, 5.41) is 0. The number of hydrogen-bond donors (Lipinski definition) is 0.